The van der Waals surface area contributed by atoms with Gasteiger partial charge in [-0.3, -0.25) is 4.79 Å². The molecule has 0 aromatic heterocycles. The van der Waals surface area contributed by atoms with Crippen LogP contribution in [0.2, 0.25) is 0 Å². The lowest BCUT2D eigenvalue weighted by Crippen LogP contribution is -2.47. The van der Waals surface area contributed by atoms with E-state index in [4.69, 9.17) is 5.73 Å². The van der Waals surface area contributed by atoms with Gasteiger partial charge in [-0.05, 0) is 32.0 Å². The first-order valence-electron chi connectivity index (χ1n) is 6.18. The van der Waals surface area contributed by atoms with Crippen LogP contribution in [0.25, 0.3) is 0 Å². The molecule has 0 radical (unpaired) electrons. The van der Waals surface area contributed by atoms with Crippen molar-refractivity contribution in [2.24, 2.45) is 0 Å². The van der Waals surface area contributed by atoms with Gasteiger partial charge in [0.05, 0.1) is 11.5 Å². The summed E-state index contributed by atoms with van der Waals surface area (Å²) in [6, 6.07) is 5.17. The standard InChI is InChI=1S/C13H18N2O3S/c1-9-8-19(17,18)6-5-15(9)11-3-4-13(14)12(7-11)10(2)16/h3-4,7,9H,5-6,8,14H2,1-2H3. The van der Waals surface area contributed by atoms with Crippen LogP contribution in [0.15, 0.2) is 18.2 Å². The van der Waals surface area contributed by atoms with Crippen molar-refractivity contribution < 1.29 is 13.2 Å². The molecule has 0 aliphatic carbocycles. The molecule has 1 atom stereocenters. The van der Waals surface area contributed by atoms with Crippen LogP contribution in [0.3, 0.4) is 0 Å². The number of rotatable bonds is 2. The van der Waals surface area contributed by atoms with E-state index >= 15 is 0 Å². The Kier molecular flexibility index (Phi) is 3.54. The van der Waals surface area contributed by atoms with Crippen molar-refractivity contribution in [3.8, 4) is 0 Å². The van der Waals surface area contributed by atoms with Gasteiger partial charge in [0, 0.05) is 29.5 Å². The minimum Gasteiger partial charge on any atom is -0.398 e. The van der Waals surface area contributed by atoms with E-state index < -0.39 is 9.84 Å². The quantitative estimate of drug-likeness (QED) is 0.649. The van der Waals surface area contributed by atoms with Crippen LogP contribution in [0.5, 0.6) is 0 Å². The highest BCUT2D eigenvalue weighted by Crippen LogP contribution is 2.25. The Morgan fingerprint density at radius 1 is 1.42 bits per heavy atom. The Morgan fingerprint density at radius 2 is 2.11 bits per heavy atom. The Hall–Kier alpha value is -1.56. The molecule has 2 rings (SSSR count). The maximum absolute atomic E-state index is 11.6. The zero-order chi connectivity index (χ0) is 14.2. The van der Waals surface area contributed by atoms with Crippen molar-refractivity contribution in [3.05, 3.63) is 23.8 Å². The van der Waals surface area contributed by atoms with Gasteiger partial charge in [0.1, 0.15) is 0 Å². The molecule has 1 saturated heterocycles. The van der Waals surface area contributed by atoms with E-state index in [9.17, 15) is 13.2 Å². The lowest BCUT2D eigenvalue weighted by Gasteiger charge is -2.35. The molecule has 19 heavy (non-hydrogen) atoms. The first-order valence-corrected chi connectivity index (χ1v) is 8.00. The second kappa shape index (κ2) is 4.85. The molecule has 1 unspecified atom stereocenters. The van der Waals surface area contributed by atoms with Gasteiger partial charge in [-0.15, -0.1) is 0 Å². The van der Waals surface area contributed by atoms with Crippen molar-refractivity contribution in [2.75, 3.05) is 28.7 Å². The molecule has 1 fully saturated rings. The van der Waals surface area contributed by atoms with Gasteiger partial charge in [-0.25, -0.2) is 8.42 Å². The minimum atomic E-state index is -2.94. The third-order valence-electron chi connectivity index (χ3n) is 3.42. The number of carbonyl (C=O) groups excluding carboxylic acids is 1. The van der Waals surface area contributed by atoms with Crippen LogP contribution >= 0.6 is 0 Å². The van der Waals surface area contributed by atoms with Crippen molar-refractivity contribution in [2.45, 2.75) is 19.9 Å². The first-order chi connectivity index (χ1) is 8.80. The van der Waals surface area contributed by atoms with E-state index in [1.165, 1.54) is 6.92 Å². The molecule has 2 N–H and O–H groups in total. The third-order valence-corrected chi connectivity index (χ3v) is 5.21. The van der Waals surface area contributed by atoms with E-state index in [1.54, 1.807) is 12.1 Å². The summed E-state index contributed by atoms with van der Waals surface area (Å²) >= 11 is 0. The maximum atomic E-state index is 11.6. The molecular formula is C13H18N2O3S. The van der Waals surface area contributed by atoms with Crippen molar-refractivity contribution in [1.82, 2.24) is 0 Å². The molecule has 0 amide bonds. The summed E-state index contributed by atoms with van der Waals surface area (Å²) in [6.07, 6.45) is 0. The molecule has 0 saturated carbocycles. The topological polar surface area (TPSA) is 80.5 Å². The summed E-state index contributed by atoms with van der Waals surface area (Å²) in [5.74, 6) is 0.209. The summed E-state index contributed by atoms with van der Waals surface area (Å²) < 4.78 is 23.1. The molecule has 5 nitrogen and oxygen atoms in total. The molecule has 1 heterocycles. The highest BCUT2D eigenvalue weighted by Gasteiger charge is 2.28. The SMILES string of the molecule is CC(=O)c1cc(N2CCS(=O)(=O)CC2C)ccc1N. The predicted octanol–water partition coefficient (Wildman–Crippen LogP) is 1.09. The van der Waals surface area contributed by atoms with Crippen molar-refractivity contribution in [1.29, 1.82) is 0 Å². The number of hydrogen-bond donors (Lipinski definition) is 1. The van der Waals surface area contributed by atoms with E-state index in [1.807, 2.05) is 17.9 Å². The van der Waals surface area contributed by atoms with E-state index in [0.717, 1.165) is 5.69 Å². The van der Waals surface area contributed by atoms with Gasteiger partial charge in [0.15, 0.2) is 15.6 Å². The number of anilines is 2. The Bertz CT molecular complexity index is 610. The van der Waals surface area contributed by atoms with Crippen LogP contribution in [-0.4, -0.2) is 38.3 Å². The minimum absolute atomic E-state index is 0.0864. The number of nitrogens with zero attached hydrogens (tertiary/aromatic N) is 1. The zero-order valence-electron chi connectivity index (χ0n) is 11.1. The van der Waals surface area contributed by atoms with Gasteiger partial charge in [-0.1, -0.05) is 0 Å². The van der Waals surface area contributed by atoms with E-state index in [2.05, 4.69) is 0 Å². The monoisotopic (exact) mass is 282 g/mol. The second-order valence-corrected chi connectivity index (χ2v) is 7.21. The Morgan fingerprint density at radius 3 is 2.68 bits per heavy atom. The summed E-state index contributed by atoms with van der Waals surface area (Å²) in [5.41, 5.74) is 7.55. The number of nitrogens with two attached hydrogens (primary N) is 1. The predicted molar refractivity (Wildman–Crippen MR) is 76.3 cm³/mol. The summed E-state index contributed by atoms with van der Waals surface area (Å²) in [7, 11) is -2.94. The largest absolute Gasteiger partial charge is 0.398 e. The molecule has 6 heteroatoms. The highest BCUT2D eigenvalue weighted by atomic mass is 32.2. The molecule has 0 spiro atoms. The van der Waals surface area contributed by atoms with E-state index in [-0.39, 0.29) is 23.3 Å². The van der Waals surface area contributed by atoms with E-state index in [0.29, 0.717) is 17.8 Å². The molecule has 104 valence electrons. The fraction of sp³-hybridized carbons (Fsp3) is 0.462. The molecule has 1 aliphatic rings. The van der Waals surface area contributed by atoms with Crippen LogP contribution in [0, 0.1) is 0 Å². The number of sulfone groups is 1. The lowest BCUT2D eigenvalue weighted by atomic mass is 10.1. The number of nitrogen functional groups attached to an aromatic ring is 1. The summed E-state index contributed by atoms with van der Waals surface area (Å²) in [5, 5.41) is 0. The van der Waals surface area contributed by atoms with Gasteiger partial charge >= 0.3 is 0 Å². The first kappa shape index (κ1) is 13.9. The molecule has 0 bridgehead atoms. The number of Topliss-reactive ketones (excluding diaryl/α,β-unsaturated/α-hetero) is 1. The molecule has 1 aliphatic heterocycles. The Labute approximate surface area is 113 Å². The van der Waals surface area contributed by atoms with Crippen LogP contribution < -0.4 is 10.6 Å². The fourth-order valence-electron chi connectivity index (χ4n) is 2.41. The number of ketones is 1. The Balaban J connectivity index is 2.33. The van der Waals surface area contributed by atoms with Crippen molar-refractivity contribution >= 4 is 27.0 Å². The highest BCUT2D eigenvalue weighted by molar-refractivity contribution is 7.91. The fourth-order valence-corrected chi connectivity index (χ4v) is 3.97. The van der Waals surface area contributed by atoms with Gasteiger partial charge < -0.3 is 10.6 Å². The second-order valence-electron chi connectivity index (χ2n) is 4.98. The molecular weight excluding hydrogens is 264 g/mol. The van der Waals surface area contributed by atoms with Gasteiger partial charge in [0.2, 0.25) is 0 Å². The van der Waals surface area contributed by atoms with Gasteiger partial charge in [-0.2, -0.15) is 0 Å². The zero-order valence-corrected chi connectivity index (χ0v) is 11.9. The number of carbonyl (C=O) groups is 1. The number of hydrogen-bond acceptors (Lipinski definition) is 5. The average Bonchev–Trinajstić information content (AvgIpc) is 2.29. The average molecular weight is 282 g/mol. The lowest BCUT2D eigenvalue weighted by molar-refractivity contribution is 0.101. The summed E-state index contributed by atoms with van der Waals surface area (Å²) in [6.45, 7) is 3.80. The van der Waals surface area contributed by atoms with Gasteiger partial charge in [0.25, 0.3) is 0 Å². The molecule has 1 aromatic carbocycles. The van der Waals surface area contributed by atoms with Crippen LogP contribution in [0.4, 0.5) is 11.4 Å². The normalized spacial score (nSPS) is 22.2. The smallest absolute Gasteiger partial charge is 0.161 e. The van der Waals surface area contributed by atoms with Crippen LogP contribution in [-0.2, 0) is 9.84 Å². The maximum Gasteiger partial charge on any atom is 0.161 e. The summed E-state index contributed by atoms with van der Waals surface area (Å²) in [4.78, 5) is 13.5. The third kappa shape index (κ3) is 2.89. The number of benzene rings is 1. The molecule has 1 aromatic rings. The van der Waals surface area contributed by atoms with Crippen LogP contribution in [0.1, 0.15) is 24.2 Å². The van der Waals surface area contributed by atoms with Crippen molar-refractivity contribution in [3.63, 3.8) is 0 Å².